The van der Waals surface area contributed by atoms with E-state index in [1.165, 1.54) is 10.6 Å². The number of aliphatic hydroxyl groups excluding tert-OH is 2. The quantitative estimate of drug-likeness (QED) is 0.211. The van der Waals surface area contributed by atoms with E-state index in [9.17, 15) is 10.2 Å². The van der Waals surface area contributed by atoms with Gasteiger partial charge in [-0.2, -0.15) is 0 Å². The van der Waals surface area contributed by atoms with Crippen molar-refractivity contribution in [2.24, 2.45) is 0 Å². The zero-order valence-corrected chi connectivity index (χ0v) is 23.5. The fourth-order valence-electron chi connectivity index (χ4n) is 4.66. The first-order valence-electron chi connectivity index (χ1n) is 13.1. The lowest BCUT2D eigenvalue weighted by molar-refractivity contribution is 0.0626. The van der Waals surface area contributed by atoms with Crippen molar-refractivity contribution in [3.63, 3.8) is 0 Å². The second-order valence-corrected chi connectivity index (χ2v) is 13.8. The number of rotatable bonds is 10. The van der Waals surface area contributed by atoms with Crippen molar-refractivity contribution in [3.05, 3.63) is 163 Å². The minimum absolute atomic E-state index is 0.462. The first kappa shape index (κ1) is 27.2. The van der Waals surface area contributed by atoms with Crippen LogP contribution in [0.1, 0.15) is 5.56 Å². The third kappa shape index (κ3) is 6.99. The summed E-state index contributed by atoms with van der Waals surface area (Å²) in [5.74, 6) is 0. The van der Waals surface area contributed by atoms with E-state index in [0.29, 0.717) is 6.16 Å². The molecule has 5 aromatic carbocycles. The Morgan fingerprint density at radius 2 is 0.872 bits per heavy atom. The van der Waals surface area contributed by atoms with E-state index in [1.54, 1.807) is 0 Å². The molecule has 2 unspecified atom stereocenters. The Hall–Kier alpha value is -3.38. The zero-order chi connectivity index (χ0) is 26.9. The summed E-state index contributed by atoms with van der Waals surface area (Å²) in [5.41, 5.74) is 1.01. The van der Waals surface area contributed by atoms with E-state index in [-0.39, 0.29) is 0 Å². The van der Waals surface area contributed by atoms with E-state index < -0.39 is 28.1 Å². The van der Waals surface area contributed by atoms with Gasteiger partial charge in [0.25, 0.3) is 0 Å². The Balaban J connectivity index is 1.57. The SMILES string of the molecule is OC(CP(c1ccccc1)c1ccccc1)C(O)/C(=C\c1ccccc1)P(c1ccccc1)c1ccccc1. The molecule has 0 bridgehead atoms. The fraction of sp³-hybridized carbons (Fsp3) is 0.0857. The standard InChI is InChI=1S/C35H32O2P2/c36-33(27-38(29-18-8-2-9-19-29)30-20-10-3-11-21-30)35(37)34(26-28-16-6-1-7-17-28)39(31-22-12-4-13-23-31)32-24-14-5-15-25-32/h1-26,33,35-37H,27H2/b34-26+. The van der Waals surface area contributed by atoms with E-state index in [1.807, 2.05) is 103 Å². The van der Waals surface area contributed by atoms with Crippen LogP contribution in [0.2, 0.25) is 0 Å². The van der Waals surface area contributed by atoms with Crippen LogP contribution in [-0.2, 0) is 0 Å². The van der Waals surface area contributed by atoms with Gasteiger partial charge in [0.2, 0.25) is 0 Å². The second kappa shape index (κ2) is 13.6. The highest BCUT2D eigenvalue weighted by Crippen LogP contribution is 2.47. The van der Waals surface area contributed by atoms with E-state index in [4.69, 9.17) is 0 Å². The van der Waals surface area contributed by atoms with Gasteiger partial charge in [-0.05, 0) is 54.0 Å². The molecule has 2 N–H and O–H groups in total. The summed E-state index contributed by atoms with van der Waals surface area (Å²) in [6.45, 7) is 0. The Morgan fingerprint density at radius 3 is 1.28 bits per heavy atom. The maximum atomic E-state index is 12.0. The molecular weight excluding hydrogens is 514 g/mol. The van der Waals surface area contributed by atoms with Crippen molar-refractivity contribution in [2.45, 2.75) is 12.2 Å². The molecule has 0 aliphatic carbocycles. The molecular formula is C35H32O2P2. The van der Waals surface area contributed by atoms with E-state index >= 15 is 0 Å². The Bertz CT molecular complexity index is 1360. The third-order valence-corrected chi connectivity index (χ3v) is 11.7. The summed E-state index contributed by atoms with van der Waals surface area (Å²) in [5, 5.41) is 29.2. The summed E-state index contributed by atoms with van der Waals surface area (Å²) < 4.78 is 0. The van der Waals surface area contributed by atoms with Gasteiger partial charge in [0.1, 0.15) is 6.10 Å². The van der Waals surface area contributed by atoms with Crippen LogP contribution >= 0.6 is 15.8 Å². The number of hydrogen-bond acceptors (Lipinski definition) is 2. The Labute approximate surface area is 233 Å². The van der Waals surface area contributed by atoms with Gasteiger partial charge >= 0.3 is 0 Å². The first-order chi connectivity index (χ1) is 19.2. The average molecular weight is 547 g/mol. The average Bonchev–Trinajstić information content (AvgIpc) is 3.01. The summed E-state index contributed by atoms with van der Waals surface area (Å²) in [7, 11) is -1.95. The van der Waals surface area contributed by atoms with Crippen LogP contribution in [0.3, 0.4) is 0 Å². The van der Waals surface area contributed by atoms with Crippen LogP contribution in [-0.4, -0.2) is 28.6 Å². The van der Waals surface area contributed by atoms with Gasteiger partial charge in [-0.1, -0.05) is 152 Å². The van der Waals surface area contributed by atoms with Gasteiger partial charge in [-0.15, -0.1) is 0 Å². The lowest BCUT2D eigenvalue weighted by Gasteiger charge is -2.31. The van der Waals surface area contributed by atoms with Crippen molar-refractivity contribution < 1.29 is 10.2 Å². The van der Waals surface area contributed by atoms with Crippen molar-refractivity contribution >= 4 is 43.1 Å². The van der Waals surface area contributed by atoms with Crippen molar-refractivity contribution in [2.75, 3.05) is 6.16 Å². The van der Waals surface area contributed by atoms with Crippen molar-refractivity contribution in [1.82, 2.24) is 0 Å². The predicted molar refractivity (Wildman–Crippen MR) is 169 cm³/mol. The molecule has 194 valence electrons. The number of aliphatic hydroxyl groups is 2. The van der Waals surface area contributed by atoms with Crippen molar-refractivity contribution in [3.8, 4) is 0 Å². The topological polar surface area (TPSA) is 40.5 Å². The summed E-state index contributed by atoms with van der Waals surface area (Å²) in [6, 6.07) is 51.5. The van der Waals surface area contributed by atoms with Crippen LogP contribution < -0.4 is 21.2 Å². The molecule has 0 spiro atoms. The van der Waals surface area contributed by atoms with Crippen LogP contribution in [0.4, 0.5) is 0 Å². The lowest BCUT2D eigenvalue weighted by Crippen LogP contribution is -2.34. The van der Waals surface area contributed by atoms with Gasteiger partial charge < -0.3 is 10.2 Å². The van der Waals surface area contributed by atoms with Crippen LogP contribution in [0, 0.1) is 0 Å². The van der Waals surface area contributed by atoms with Gasteiger partial charge in [0.15, 0.2) is 0 Å². The molecule has 5 rings (SSSR count). The smallest absolute Gasteiger partial charge is 0.106 e. The minimum Gasteiger partial charge on any atom is -0.390 e. The molecule has 0 aliphatic rings. The molecule has 0 aliphatic heterocycles. The third-order valence-electron chi connectivity index (χ3n) is 6.57. The molecule has 2 nitrogen and oxygen atoms in total. The maximum Gasteiger partial charge on any atom is 0.106 e. The molecule has 0 amide bonds. The van der Waals surface area contributed by atoms with Gasteiger partial charge in [-0.25, -0.2) is 0 Å². The Morgan fingerprint density at radius 1 is 0.513 bits per heavy atom. The van der Waals surface area contributed by atoms with Gasteiger partial charge in [0, 0.05) is 6.16 Å². The predicted octanol–water partition coefficient (Wildman–Crippen LogP) is 6.02. The number of hydrogen-bond donors (Lipinski definition) is 2. The number of benzene rings is 5. The molecule has 0 heterocycles. The highest BCUT2D eigenvalue weighted by Gasteiger charge is 2.31. The lowest BCUT2D eigenvalue weighted by atomic mass is 10.1. The molecule has 4 heteroatoms. The normalized spacial score (nSPS) is 13.4. The highest BCUT2D eigenvalue weighted by atomic mass is 31.1. The molecule has 2 atom stereocenters. The largest absolute Gasteiger partial charge is 0.390 e. The fourth-order valence-corrected chi connectivity index (χ4v) is 9.57. The summed E-state index contributed by atoms with van der Waals surface area (Å²) in [6.07, 6.45) is 0.564. The van der Waals surface area contributed by atoms with Gasteiger partial charge in [0.05, 0.1) is 6.10 Å². The van der Waals surface area contributed by atoms with E-state index in [0.717, 1.165) is 21.5 Å². The van der Waals surface area contributed by atoms with Crippen LogP contribution in [0.25, 0.3) is 6.08 Å². The molecule has 0 aromatic heterocycles. The maximum absolute atomic E-state index is 12.0. The highest BCUT2D eigenvalue weighted by molar-refractivity contribution is 7.77. The zero-order valence-electron chi connectivity index (χ0n) is 21.7. The Kier molecular flexibility index (Phi) is 9.49. The molecule has 0 fully saturated rings. The minimum atomic E-state index is -1.09. The second-order valence-electron chi connectivity index (χ2n) is 9.28. The molecule has 0 saturated carbocycles. The molecule has 5 aromatic rings. The first-order valence-corrected chi connectivity index (χ1v) is 16.0. The summed E-state index contributed by atoms with van der Waals surface area (Å²) in [4.78, 5) is 0. The van der Waals surface area contributed by atoms with Crippen LogP contribution in [0.15, 0.2) is 157 Å². The van der Waals surface area contributed by atoms with Gasteiger partial charge in [-0.3, -0.25) is 0 Å². The molecule has 0 saturated heterocycles. The van der Waals surface area contributed by atoms with Crippen molar-refractivity contribution in [1.29, 1.82) is 0 Å². The summed E-state index contributed by atoms with van der Waals surface area (Å²) >= 11 is 0. The van der Waals surface area contributed by atoms with E-state index in [2.05, 4.69) is 54.6 Å². The van der Waals surface area contributed by atoms with Crippen LogP contribution in [0.5, 0.6) is 0 Å². The molecule has 39 heavy (non-hydrogen) atoms. The monoisotopic (exact) mass is 546 g/mol. The molecule has 0 radical (unpaired) electrons.